The van der Waals surface area contributed by atoms with Crippen LogP contribution in [0, 0.1) is 0 Å². The van der Waals surface area contributed by atoms with Gasteiger partial charge in [0.05, 0.1) is 17.0 Å². The van der Waals surface area contributed by atoms with Crippen LogP contribution < -0.4 is 16.0 Å². The Morgan fingerprint density at radius 3 is 2.72 bits per heavy atom. The number of hydrogen-bond donors (Lipinski definition) is 2. The number of rotatable bonds is 5. The Balaban J connectivity index is 2.38. The number of para-hydroxylation sites is 1. The smallest absolute Gasteiger partial charge is 0.124 e. The summed E-state index contributed by atoms with van der Waals surface area (Å²) >= 11 is 7.48. The summed E-state index contributed by atoms with van der Waals surface area (Å²) in [5, 5.41) is 0. The molecule has 0 bridgehead atoms. The summed E-state index contributed by atoms with van der Waals surface area (Å²) in [5.74, 6) is 6.51. The topological polar surface area (TPSA) is 47.3 Å². The molecule has 0 aliphatic rings. The zero-order valence-electron chi connectivity index (χ0n) is 10.0. The van der Waals surface area contributed by atoms with Crippen LogP contribution in [0.2, 0.25) is 4.34 Å². The third kappa shape index (κ3) is 2.84. The molecule has 0 spiro atoms. The predicted molar refractivity (Wildman–Crippen MR) is 76.1 cm³/mol. The molecular weight excluding hydrogens is 268 g/mol. The Morgan fingerprint density at radius 2 is 2.11 bits per heavy atom. The molecule has 1 aromatic heterocycles. The van der Waals surface area contributed by atoms with E-state index in [1.54, 1.807) is 0 Å². The average Bonchev–Trinajstić information content (AvgIpc) is 2.79. The summed E-state index contributed by atoms with van der Waals surface area (Å²) < 4.78 is 6.37. The van der Waals surface area contributed by atoms with Crippen LogP contribution in [0.15, 0.2) is 36.4 Å². The molecule has 96 valence electrons. The molecule has 1 atom stereocenters. The van der Waals surface area contributed by atoms with Crippen molar-refractivity contribution in [2.75, 3.05) is 6.61 Å². The first-order chi connectivity index (χ1) is 8.76. The molecule has 0 fully saturated rings. The van der Waals surface area contributed by atoms with Gasteiger partial charge in [-0.25, -0.2) is 5.43 Å². The van der Waals surface area contributed by atoms with Gasteiger partial charge in [0.25, 0.3) is 0 Å². The van der Waals surface area contributed by atoms with Crippen LogP contribution in [0.4, 0.5) is 0 Å². The van der Waals surface area contributed by atoms with Crippen LogP contribution in [-0.2, 0) is 0 Å². The normalized spacial score (nSPS) is 12.4. The van der Waals surface area contributed by atoms with Gasteiger partial charge >= 0.3 is 0 Å². The first-order valence-electron chi connectivity index (χ1n) is 5.69. The predicted octanol–water partition coefficient (Wildman–Crippen LogP) is 3.35. The highest BCUT2D eigenvalue weighted by molar-refractivity contribution is 7.16. The summed E-state index contributed by atoms with van der Waals surface area (Å²) in [4.78, 5) is 1.06. The molecule has 2 rings (SSSR count). The molecule has 0 saturated heterocycles. The summed E-state index contributed by atoms with van der Waals surface area (Å²) in [6.45, 7) is 2.59. The van der Waals surface area contributed by atoms with Gasteiger partial charge in [-0.1, -0.05) is 29.8 Å². The summed E-state index contributed by atoms with van der Waals surface area (Å²) in [6.07, 6.45) is 0. The van der Waals surface area contributed by atoms with E-state index in [-0.39, 0.29) is 6.04 Å². The number of hydrazine groups is 1. The van der Waals surface area contributed by atoms with Gasteiger partial charge < -0.3 is 4.74 Å². The molecule has 3 N–H and O–H groups in total. The van der Waals surface area contributed by atoms with Gasteiger partial charge in [0.2, 0.25) is 0 Å². The molecular formula is C13H15ClN2OS. The van der Waals surface area contributed by atoms with E-state index in [0.29, 0.717) is 6.61 Å². The van der Waals surface area contributed by atoms with Crippen LogP contribution in [0.3, 0.4) is 0 Å². The quantitative estimate of drug-likeness (QED) is 0.653. The standard InChI is InChI=1S/C13H15ClN2OS/c1-2-17-10-6-4-3-5-9(10)13(16-15)11-7-8-12(14)18-11/h3-8,13,16H,2,15H2,1H3. The zero-order chi connectivity index (χ0) is 13.0. The van der Waals surface area contributed by atoms with Gasteiger partial charge in [0, 0.05) is 10.4 Å². The summed E-state index contributed by atoms with van der Waals surface area (Å²) in [5.41, 5.74) is 3.83. The lowest BCUT2D eigenvalue weighted by Crippen LogP contribution is -2.28. The highest BCUT2D eigenvalue weighted by Gasteiger charge is 2.18. The molecule has 18 heavy (non-hydrogen) atoms. The molecule has 0 amide bonds. The SMILES string of the molecule is CCOc1ccccc1C(NN)c1ccc(Cl)s1. The Hall–Kier alpha value is -1.07. The molecule has 0 radical (unpaired) electrons. The lowest BCUT2D eigenvalue weighted by atomic mass is 10.0. The fourth-order valence-corrected chi connectivity index (χ4v) is 2.96. The van der Waals surface area contributed by atoms with Crippen LogP contribution in [0.5, 0.6) is 5.75 Å². The van der Waals surface area contributed by atoms with Crippen molar-refractivity contribution in [2.24, 2.45) is 5.84 Å². The van der Waals surface area contributed by atoms with Gasteiger partial charge in [0.1, 0.15) is 5.75 Å². The number of hydrogen-bond acceptors (Lipinski definition) is 4. The maximum Gasteiger partial charge on any atom is 0.124 e. The second-order valence-electron chi connectivity index (χ2n) is 3.71. The molecule has 5 heteroatoms. The Labute approximate surface area is 116 Å². The maximum atomic E-state index is 5.97. The highest BCUT2D eigenvalue weighted by atomic mass is 35.5. The fourth-order valence-electron chi connectivity index (χ4n) is 1.81. The fraction of sp³-hybridized carbons (Fsp3) is 0.231. The van der Waals surface area contributed by atoms with E-state index >= 15 is 0 Å². The molecule has 2 aromatic rings. The number of nitrogens with two attached hydrogens (primary N) is 1. The minimum absolute atomic E-state index is 0.106. The van der Waals surface area contributed by atoms with Gasteiger partial charge in [-0.3, -0.25) is 5.84 Å². The van der Waals surface area contributed by atoms with E-state index in [2.05, 4.69) is 5.43 Å². The van der Waals surface area contributed by atoms with Gasteiger partial charge in [-0.15, -0.1) is 11.3 Å². The summed E-state index contributed by atoms with van der Waals surface area (Å²) in [7, 11) is 0. The molecule has 3 nitrogen and oxygen atoms in total. The zero-order valence-corrected chi connectivity index (χ0v) is 11.6. The third-order valence-electron chi connectivity index (χ3n) is 2.58. The largest absolute Gasteiger partial charge is 0.494 e. The van der Waals surface area contributed by atoms with Crippen LogP contribution in [-0.4, -0.2) is 6.61 Å². The van der Waals surface area contributed by atoms with Crippen molar-refractivity contribution in [3.8, 4) is 5.75 Å². The van der Waals surface area contributed by atoms with E-state index < -0.39 is 0 Å². The maximum absolute atomic E-state index is 5.97. The van der Waals surface area contributed by atoms with Gasteiger partial charge in [-0.2, -0.15) is 0 Å². The second kappa shape index (κ2) is 6.20. The third-order valence-corrected chi connectivity index (χ3v) is 3.87. The first kappa shape index (κ1) is 13.4. The van der Waals surface area contributed by atoms with Crippen molar-refractivity contribution in [3.05, 3.63) is 51.2 Å². The average molecular weight is 283 g/mol. The number of nitrogens with one attached hydrogen (secondary N) is 1. The molecule has 1 unspecified atom stereocenters. The van der Waals surface area contributed by atoms with Crippen molar-refractivity contribution >= 4 is 22.9 Å². The monoisotopic (exact) mass is 282 g/mol. The van der Waals surface area contributed by atoms with E-state index in [0.717, 1.165) is 20.5 Å². The number of benzene rings is 1. The summed E-state index contributed by atoms with van der Waals surface area (Å²) in [6, 6.07) is 11.6. The highest BCUT2D eigenvalue weighted by Crippen LogP contribution is 2.34. The van der Waals surface area contributed by atoms with E-state index in [9.17, 15) is 0 Å². The van der Waals surface area contributed by atoms with E-state index in [4.69, 9.17) is 22.2 Å². The molecule has 0 aliphatic heterocycles. The molecule has 0 aliphatic carbocycles. The van der Waals surface area contributed by atoms with E-state index in [1.165, 1.54) is 11.3 Å². The van der Waals surface area contributed by atoms with E-state index in [1.807, 2.05) is 43.3 Å². The second-order valence-corrected chi connectivity index (χ2v) is 5.46. The molecule has 1 aromatic carbocycles. The minimum atomic E-state index is -0.106. The lowest BCUT2D eigenvalue weighted by molar-refractivity contribution is 0.334. The van der Waals surface area contributed by atoms with Crippen LogP contribution >= 0.6 is 22.9 Å². The first-order valence-corrected chi connectivity index (χ1v) is 6.88. The minimum Gasteiger partial charge on any atom is -0.494 e. The Bertz CT molecular complexity index is 515. The van der Waals surface area contributed by atoms with Gasteiger partial charge in [-0.05, 0) is 25.1 Å². The van der Waals surface area contributed by atoms with Crippen molar-refractivity contribution < 1.29 is 4.74 Å². The van der Waals surface area contributed by atoms with Crippen LogP contribution in [0.25, 0.3) is 0 Å². The van der Waals surface area contributed by atoms with Crippen molar-refractivity contribution in [3.63, 3.8) is 0 Å². The van der Waals surface area contributed by atoms with Crippen molar-refractivity contribution in [2.45, 2.75) is 13.0 Å². The van der Waals surface area contributed by atoms with Crippen molar-refractivity contribution in [1.82, 2.24) is 5.43 Å². The van der Waals surface area contributed by atoms with Crippen molar-refractivity contribution in [1.29, 1.82) is 0 Å². The van der Waals surface area contributed by atoms with Crippen LogP contribution in [0.1, 0.15) is 23.4 Å². The van der Waals surface area contributed by atoms with Gasteiger partial charge in [0.15, 0.2) is 0 Å². The number of ether oxygens (including phenoxy) is 1. The number of halogens is 1. The molecule has 0 saturated carbocycles. The Kier molecular flexibility index (Phi) is 4.60. The Morgan fingerprint density at radius 1 is 1.33 bits per heavy atom. The molecule has 1 heterocycles. The number of thiophene rings is 1. The lowest BCUT2D eigenvalue weighted by Gasteiger charge is -2.18.